The molecule has 2 saturated heterocycles. The number of amides is 4. The third-order valence-electron chi connectivity index (χ3n) is 6.49. The Morgan fingerprint density at radius 1 is 1.33 bits per heavy atom. The predicted molar refractivity (Wildman–Crippen MR) is 120 cm³/mol. The number of nitrogens with zero attached hydrogens (tertiary/aromatic N) is 1. The number of carbonyl (C=O) groups excluding carboxylic acids is 4. The average molecular weight is 456 g/mol. The summed E-state index contributed by atoms with van der Waals surface area (Å²) in [5.41, 5.74) is 6.62. The van der Waals surface area contributed by atoms with Crippen LogP contribution in [0.5, 0.6) is 5.75 Å². The molecule has 3 heterocycles. The third-order valence-corrected chi connectivity index (χ3v) is 6.49. The van der Waals surface area contributed by atoms with Gasteiger partial charge < -0.3 is 31.0 Å². The number of benzene rings is 1. The second-order valence-corrected chi connectivity index (χ2v) is 8.89. The van der Waals surface area contributed by atoms with E-state index in [9.17, 15) is 19.2 Å². The number of hydrogen-bond acceptors (Lipinski definition) is 5. The van der Waals surface area contributed by atoms with Crippen LogP contribution in [0.2, 0.25) is 0 Å². The predicted octanol–water partition coefficient (Wildman–Crippen LogP) is 0.523. The number of nitrogens with one attached hydrogen (secondary N) is 3. The topological polar surface area (TPSA) is 147 Å². The minimum Gasteiger partial charge on any atom is -0.496 e. The van der Waals surface area contributed by atoms with Gasteiger partial charge in [0.05, 0.1) is 7.11 Å². The highest BCUT2D eigenvalue weighted by Gasteiger charge is 2.40. The maximum absolute atomic E-state index is 13.3. The molecule has 176 valence electrons. The van der Waals surface area contributed by atoms with Crippen molar-refractivity contribution < 1.29 is 23.9 Å². The van der Waals surface area contributed by atoms with Gasteiger partial charge in [0.15, 0.2) is 0 Å². The van der Waals surface area contributed by atoms with E-state index < -0.39 is 23.9 Å². The molecule has 4 rings (SSSR count). The summed E-state index contributed by atoms with van der Waals surface area (Å²) in [4.78, 5) is 55.0. The molecule has 2 aromatic rings. The largest absolute Gasteiger partial charge is 0.496 e. The van der Waals surface area contributed by atoms with Crippen LogP contribution in [-0.2, 0) is 14.4 Å². The lowest BCUT2D eigenvalue weighted by Crippen LogP contribution is -2.53. The van der Waals surface area contributed by atoms with Crippen molar-refractivity contribution in [3.63, 3.8) is 0 Å². The fourth-order valence-electron chi connectivity index (χ4n) is 4.76. The van der Waals surface area contributed by atoms with Crippen molar-refractivity contribution in [3.05, 3.63) is 30.0 Å². The molecular formula is C23H29N5O5. The van der Waals surface area contributed by atoms with Gasteiger partial charge in [-0.25, -0.2) is 0 Å². The molecule has 10 heteroatoms. The van der Waals surface area contributed by atoms with Crippen LogP contribution in [0.25, 0.3) is 10.9 Å². The molecule has 4 amide bonds. The molecule has 0 saturated carbocycles. The molecular weight excluding hydrogens is 426 g/mol. The molecule has 1 aromatic carbocycles. The van der Waals surface area contributed by atoms with Gasteiger partial charge in [-0.3, -0.25) is 19.2 Å². The lowest BCUT2D eigenvalue weighted by Gasteiger charge is -2.26. The molecule has 5 N–H and O–H groups in total. The Morgan fingerprint density at radius 2 is 2.12 bits per heavy atom. The van der Waals surface area contributed by atoms with E-state index in [2.05, 4.69) is 15.6 Å². The summed E-state index contributed by atoms with van der Waals surface area (Å²) in [5.74, 6) is -1.20. The average Bonchev–Trinajstić information content (AvgIpc) is 3.50. The molecule has 0 aliphatic carbocycles. The van der Waals surface area contributed by atoms with Gasteiger partial charge >= 0.3 is 0 Å². The lowest BCUT2D eigenvalue weighted by molar-refractivity contribution is -0.131. The number of fused-ring (bicyclic) bond motifs is 1. The lowest BCUT2D eigenvalue weighted by atomic mass is 9.97. The van der Waals surface area contributed by atoms with Crippen LogP contribution in [-0.4, -0.2) is 65.8 Å². The zero-order valence-electron chi connectivity index (χ0n) is 18.7. The normalized spacial score (nSPS) is 23.4. The SMILES string of the molecule is COc1cccc2[nH]c(C(=O)N3CC(C)CC3C(=O)N[C@@H](C[C@@H]3CCNC3=O)C(N)=O)cc12. The maximum Gasteiger partial charge on any atom is 0.270 e. The van der Waals surface area contributed by atoms with Crippen molar-refractivity contribution in [2.45, 2.75) is 38.3 Å². The number of likely N-dealkylation sites (tertiary alicyclic amines) is 1. The van der Waals surface area contributed by atoms with Crippen LogP contribution >= 0.6 is 0 Å². The number of H-pyrrole nitrogens is 1. The molecule has 2 aliphatic rings. The van der Waals surface area contributed by atoms with E-state index in [1.54, 1.807) is 13.2 Å². The first kappa shape index (κ1) is 22.6. The maximum atomic E-state index is 13.3. The van der Waals surface area contributed by atoms with Crippen LogP contribution in [0.1, 0.15) is 36.7 Å². The Morgan fingerprint density at radius 3 is 2.79 bits per heavy atom. The molecule has 1 aromatic heterocycles. The molecule has 2 aliphatic heterocycles. The van der Waals surface area contributed by atoms with Crippen molar-refractivity contribution >= 4 is 34.5 Å². The second-order valence-electron chi connectivity index (χ2n) is 8.89. The van der Waals surface area contributed by atoms with E-state index in [1.165, 1.54) is 4.90 Å². The zero-order chi connectivity index (χ0) is 23.7. The first-order chi connectivity index (χ1) is 15.8. The number of primary amides is 1. The van der Waals surface area contributed by atoms with E-state index in [4.69, 9.17) is 10.5 Å². The smallest absolute Gasteiger partial charge is 0.270 e. The number of nitrogens with two attached hydrogens (primary N) is 1. The number of carbonyl (C=O) groups is 4. The van der Waals surface area contributed by atoms with Crippen molar-refractivity contribution in [1.82, 2.24) is 20.5 Å². The van der Waals surface area contributed by atoms with Gasteiger partial charge in [0.25, 0.3) is 5.91 Å². The van der Waals surface area contributed by atoms with Crippen LogP contribution in [0.15, 0.2) is 24.3 Å². The van der Waals surface area contributed by atoms with Crippen molar-refractivity contribution in [2.24, 2.45) is 17.6 Å². The third kappa shape index (κ3) is 4.50. The summed E-state index contributed by atoms with van der Waals surface area (Å²) in [6.07, 6.45) is 1.20. The first-order valence-corrected chi connectivity index (χ1v) is 11.1. The summed E-state index contributed by atoms with van der Waals surface area (Å²) in [6, 6.07) is 5.50. The highest BCUT2D eigenvalue weighted by molar-refractivity contribution is 6.02. The van der Waals surface area contributed by atoms with E-state index in [-0.39, 0.29) is 30.1 Å². The fourth-order valence-corrected chi connectivity index (χ4v) is 4.76. The van der Waals surface area contributed by atoms with Crippen LogP contribution in [0, 0.1) is 11.8 Å². The minimum absolute atomic E-state index is 0.108. The molecule has 0 spiro atoms. The Bertz CT molecular complexity index is 1100. The van der Waals surface area contributed by atoms with Gasteiger partial charge in [0, 0.05) is 29.9 Å². The number of aromatic nitrogens is 1. The van der Waals surface area contributed by atoms with Crippen LogP contribution in [0.3, 0.4) is 0 Å². The summed E-state index contributed by atoms with van der Waals surface area (Å²) in [6.45, 7) is 2.92. The van der Waals surface area contributed by atoms with Crippen LogP contribution < -0.4 is 21.1 Å². The second kappa shape index (κ2) is 9.13. The first-order valence-electron chi connectivity index (χ1n) is 11.1. The molecule has 0 radical (unpaired) electrons. The van der Waals surface area contributed by atoms with Gasteiger partial charge in [0.2, 0.25) is 17.7 Å². The van der Waals surface area contributed by atoms with Crippen molar-refractivity contribution in [2.75, 3.05) is 20.2 Å². The molecule has 0 bridgehead atoms. The summed E-state index contributed by atoms with van der Waals surface area (Å²) in [5, 5.41) is 6.19. The molecule has 2 fully saturated rings. The van der Waals surface area contributed by atoms with Crippen molar-refractivity contribution in [1.29, 1.82) is 0 Å². The van der Waals surface area contributed by atoms with Gasteiger partial charge in [-0.1, -0.05) is 13.0 Å². The summed E-state index contributed by atoms with van der Waals surface area (Å²) in [7, 11) is 1.57. The fraction of sp³-hybridized carbons (Fsp3) is 0.478. The number of aromatic amines is 1. The van der Waals surface area contributed by atoms with E-state index in [0.29, 0.717) is 37.4 Å². The molecule has 4 atom stereocenters. The van der Waals surface area contributed by atoms with Gasteiger partial charge in [-0.15, -0.1) is 0 Å². The Kier molecular flexibility index (Phi) is 6.26. The minimum atomic E-state index is -0.975. The standard InChI is InChI=1S/C23H29N5O5/c1-12-8-18(22(31)27-16(20(24)29)9-13-6-7-25-21(13)30)28(11-12)23(32)17-10-14-15(26-17)4-3-5-19(14)33-2/h3-5,10,12-13,16,18,26H,6-9,11H2,1-2H3,(H2,24,29)(H,25,30)(H,27,31)/t12?,13-,16-,18?/m0/s1. The molecule has 10 nitrogen and oxygen atoms in total. The Hall–Kier alpha value is -3.56. The van der Waals surface area contributed by atoms with E-state index >= 15 is 0 Å². The van der Waals surface area contributed by atoms with Gasteiger partial charge in [-0.05, 0) is 43.4 Å². The highest BCUT2D eigenvalue weighted by Crippen LogP contribution is 2.29. The monoisotopic (exact) mass is 455 g/mol. The van der Waals surface area contributed by atoms with Gasteiger partial charge in [0.1, 0.15) is 23.5 Å². The number of methoxy groups -OCH3 is 1. The number of ether oxygens (including phenoxy) is 1. The van der Waals surface area contributed by atoms with E-state index in [1.807, 2.05) is 25.1 Å². The number of hydrogen-bond donors (Lipinski definition) is 4. The summed E-state index contributed by atoms with van der Waals surface area (Å²) < 4.78 is 5.37. The van der Waals surface area contributed by atoms with Gasteiger partial charge in [-0.2, -0.15) is 0 Å². The molecule has 33 heavy (non-hydrogen) atoms. The quantitative estimate of drug-likeness (QED) is 0.481. The zero-order valence-corrected chi connectivity index (χ0v) is 18.7. The van der Waals surface area contributed by atoms with Crippen molar-refractivity contribution in [3.8, 4) is 5.75 Å². The number of rotatable bonds is 7. The highest BCUT2D eigenvalue weighted by atomic mass is 16.5. The Balaban J connectivity index is 1.51. The Labute approximate surface area is 191 Å². The summed E-state index contributed by atoms with van der Waals surface area (Å²) >= 11 is 0. The van der Waals surface area contributed by atoms with Crippen LogP contribution in [0.4, 0.5) is 0 Å². The van der Waals surface area contributed by atoms with E-state index in [0.717, 1.165) is 10.9 Å². The molecule has 2 unspecified atom stereocenters.